The van der Waals surface area contributed by atoms with Gasteiger partial charge in [-0.1, -0.05) is 22.1 Å². The number of hydrogen-bond donors (Lipinski definition) is 1. The average molecular weight is 427 g/mol. The molecule has 0 saturated heterocycles. The minimum absolute atomic E-state index is 0.143. The second-order valence-corrected chi connectivity index (χ2v) is 8.32. The van der Waals surface area contributed by atoms with E-state index >= 15 is 0 Å². The molecule has 3 rings (SSSR count). The van der Waals surface area contributed by atoms with Crippen LogP contribution in [0, 0.1) is 6.92 Å². The summed E-state index contributed by atoms with van der Waals surface area (Å²) in [5.74, 6) is -0.578. The Hall–Kier alpha value is -2.78. The van der Waals surface area contributed by atoms with Crippen molar-refractivity contribution in [3.05, 3.63) is 53.2 Å². The predicted octanol–water partition coefficient (Wildman–Crippen LogP) is 4.13. The van der Waals surface area contributed by atoms with Crippen molar-refractivity contribution in [3.8, 4) is 11.5 Å². The van der Waals surface area contributed by atoms with E-state index < -0.39 is 22.5 Å². The molecule has 3 aromatic rings. The molecule has 28 heavy (non-hydrogen) atoms. The third-order valence-corrected chi connectivity index (χ3v) is 5.11. The van der Waals surface area contributed by atoms with E-state index in [9.17, 15) is 22.8 Å². The quantitative estimate of drug-likeness (QED) is 0.598. The molecule has 0 spiro atoms. The predicted molar refractivity (Wildman–Crippen MR) is 104 cm³/mol. The lowest BCUT2D eigenvalue weighted by molar-refractivity contribution is -0.137. The highest BCUT2D eigenvalue weighted by Gasteiger charge is 2.26. The van der Waals surface area contributed by atoms with Crippen molar-refractivity contribution in [2.45, 2.75) is 13.5 Å². The smallest absolute Gasteiger partial charge is 0.323 e. The van der Waals surface area contributed by atoms with Crippen LogP contribution in [0.15, 0.2) is 42.5 Å². The number of ether oxygens (including phenoxy) is 1. The number of rotatable bonds is 6. The number of carboxylic acid groups (broad SMARTS) is 1. The van der Waals surface area contributed by atoms with Crippen molar-refractivity contribution in [1.29, 1.82) is 0 Å². The SMILES string of the molecule is Cc1c(Oc2ccc(Cl)cc2)c2c(N(F)S(C)(=O)=O)cccc2n1CC(=O)O. The Morgan fingerprint density at radius 1 is 1.25 bits per heavy atom. The van der Waals surface area contributed by atoms with E-state index in [-0.39, 0.29) is 21.4 Å². The molecule has 0 aliphatic rings. The fraction of sp³-hybridized carbons (Fsp3) is 0.167. The Bertz CT molecular complexity index is 1160. The van der Waals surface area contributed by atoms with E-state index in [1.165, 1.54) is 16.7 Å². The number of fused-ring (bicyclic) bond motifs is 1. The Kier molecular flexibility index (Phi) is 5.22. The minimum Gasteiger partial charge on any atom is -0.480 e. The molecule has 2 aromatic carbocycles. The van der Waals surface area contributed by atoms with Gasteiger partial charge in [0.25, 0.3) is 10.0 Å². The molecular formula is C18H16ClFN2O5S. The first-order chi connectivity index (χ1) is 13.1. The van der Waals surface area contributed by atoms with Crippen molar-refractivity contribution >= 4 is 44.2 Å². The van der Waals surface area contributed by atoms with Crippen LogP contribution in [0.1, 0.15) is 5.69 Å². The van der Waals surface area contributed by atoms with Crippen LogP contribution < -0.4 is 9.26 Å². The number of hydrogen-bond acceptors (Lipinski definition) is 4. The number of sulfonamides is 1. The van der Waals surface area contributed by atoms with Gasteiger partial charge in [0, 0.05) is 5.02 Å². The topological polar surface area (TPSA) is 88.8 Å². The first kappa shape index (κ1) is 20.0. The molecule has 0 fully saturated rings. The summed E-state index contributed by atoms with van der Waals surface area (Å²) < 4.78 is 45.0. The Balaban J connectivity index is 2.29. The van der Waals surface area contributed by atoms with Crippen LogP contribution in [0.25, 0.3) is 10.9 Å². The molecular weight excluding hydrogens is 411 g/mol. The zero-order chi connectivity index (χ0) is 20.6. The van der Waals surface area contributed by atoms with Crippen molar-refractivity contribution in [2.24, 2.45) is 0 Å². The Morgan fingerprint density at radius 3 is 2.46 bits per heavy atom. The van der Waals surface area contributed by atoms with Gasteiger partial charge in [0.05, 0.1) is 28.5 Å². The van der Waals surface area contributed by atoms with E-state index in [2.05, 4.69) is 0 Å². The van der Waals surface area contributed by atoms with Gasteiger partial charge in [0.15, 0.2) is 5.75 Å². The van der Waals surface area contributed by atoms with Crippen LogP contribution in [0.4, 0.5) is 10.2 Å². The average Bonchev–Trinajstić information content (AvgIpc) is 2.87. The number of benzene rings is 2. The first-order valence-electron chi connectivity index (χ1n) is 8.02. The number of anilines is 1. The number of aliphatic carboxylic acids is 1. The van der Waals surface area contributed by atoms with Crippen LogP contribution in [-0.4, -0.2) is 30.3 Å². The highest BCUT2D eigenvalue weighted by Crippen LogP contribution is 2.42. The molecule has 1 N–H and O–H groups in total. The van der Waals surface area contributed by atoms with Gasteiger partial charge in [0.1, 0.15) is 12.3 Å². The summed E-state index contributed by atoms with van der Waals surface area (Å²) in [6.07, 6.45) is 0.729. The van der Waals surface area contributed by atoms with Gasteiger partial charge in [-0.15, -0.1) is 4.53 Å². The molecule has 1 aromatic heterocycles. The summed E-state index contributed by atoms with van der Waals surface area (Å²) in [5, 5.41) is 9.86. The van der Waals surface area contributed by atoms with Gasteiger partial charge >= 0.3 is 5.97 Å². The molecule has 1 heterocycles. The van der Waals surface area contributed by atoms with E-state index in [4.69, 9.17) is 16.3 Å². The van der Waals surface area contributed by atoms with Gasteiger partial charge in [-0.3, -0.25) is 4.79 Å². The van der Waals surface area contributed by atoms with Gasteiger partial charge in [-0.25, -0.2) is 8.42 Å². The van der Waals surface area contributed by atoms with Crippen LogP contribution >= 0.6 is 11.6 Å². The highest BCUT2D eigenvalue weighted by atomic mass is 35.5. The fourth-order valence-corrected chi connectivity index (χ4v) is 3.51. The maximum Gasteiger partial charge on any atom is 0.323 e. The molecule has 148 valence electrons. The molecule has 10 heteroatoms. The Morgan fingerprint density at radius 2 is 1.89 bits per heavy atom. The summed E-state index contributed by atoms with van der Waals surface area (Å²) in [4.78, 5) is 11.3. The van der Waals surface area contributed by atoms with Gasteiger partial charge in [-0.05, 0) is 43.3 Å². The van der Waals surface area contributed by atoms with E-state index in [0.29, 0.717) is 22.0 Å². The molecule has 0 unspecified atom stereocenters. The second-order valence-electron chi connectivity index (χ2n) is 6.10. The van der Waals surface area contributed by atoms with Crippen LogP contribution in [0.3, 0.4) is 0 Å². The maximum atomic E-state index is 14.6. The molecule has 0 atom stereocenters. The van der Waals surface area contributed by atoms with E-state index in [1.807, 2.05) is 0 Å². The largest absolute Gasteiger partial charge is 0.480 e. The summed E-state index contributed by atoms with van der Waals surface area (Å²) in [6.45, 7) is 1.21. The zero-order valence-corrected chi connectivity index (χ0v) is 16.5. The van der Waals surface area contributed by atoms with Gasteiger partial charge in [0.2, 0.25) is 0 Å². The molecule has 0 bridgehead atoms. The first-order valence-corrected chi connectivity index (χ1v) is 10.3. The van der Waals surface area contributed by atoms with Crippen molar-refractivity contribution < 1.29 is 27.5 Å². The minimum atomic E-state index is -4.20. The zero-order valence-electron chi connectivity index (χ0n) is 14.9. The summed E-state index contributed by atoms with van der Waals surface area (Å²) in [6, 6.07) is 10.7. The third kappa shape index (κ3) is 3.76. The highest BCUT2D eigenvalue weighted by molar-refractivity contribution is 7.91. The third-order valence-electron chi connectivity index (χ3n) is 4.08. The van der Waals surface area contributed by atoms with Crippen molar-refractivity contribution in [3.63, 3.8) is 0 Å². The lowest BCUT2D eigenvalue weighted by Gasteiger charge is -2.14. The van der Waals surface area contributed by atoms with E-state index in [1.54, 1.807) is 37.3 Å². The molecule has 7 nitrogen and oxygen atoms in total. The second kappa shape index (κ2) is 7.33. The van der Waals surface area contributed by atoms with Gasteiger partial charge in [-0.2, -0.15) is 0 Å². The summed E-state index contributed by atoms with van der Waals surface area (Å²) >= 11 is 5.87. The number of nitrogens with zero attached hydrogens (tertiary/aromatic N) is 2. The fourth-order valence-electron chi connectivity index (χ4n) is 2.88. The van der Waals surface area contributed by atoms with Crippen molar-refractivity contribution in [1.82, 2.24) is 4.57 Å². The number of aromatic nitrogens is 1. The number of carbonyl (C=O) groups is 1. The van der Waals surface area contributed by atoms with Gasteiger partial charge < -0.3 is 14.4 Å². The lowest BCUT2D eigenvalue weighted by atomic mass is 10.2. The Labute approximate surface area is 165 Å². The summed E-state index contributed by atoms with van der Waals surface area (Å²) in [7, 11) is -4.20. The molecule has 0 saturated carbocycles. The number of halogens is 2. The van der Waals surface area contributed by atoms with E-state index in [0.717, 1.165) is 6.26 Å². The van der Waals surface area contributed by atoms with Crippen LogP contribution in [-0.2, 0) is 21.4 Å². The van der Waals surface area contributed by atoms with Crippen LogP contribution in [0.2, 0.25) is 5.02 Å². The lowest BCUT2D eigenvalue weighted by Crippen LogP contribution is -2.20. The standard InChI is InChI=1S/C18H16ClFN2O5S/c1-11-18(27-13-8-6-12(19)7-9-13)17-14(21(11)10-16(23)24)4-3-5-15(17)22(20)28(2,25)26/h3-9H,10H2,1-2H3,(H,23,24). The molecule has 0 aliphatic carbocycles. The molecule has 0 amide bonds. The molecule has 0 aliphatic heterocycles. The van der Waals surface area contributed by atoms with Crippen LogP contribution in [0.5, 0.6) is 11.5 Å². The normalized spacial score (nSPS) is 11.6. The monoisotopic (exact) mass is 426 g/mol. The maximum absolute atomic E-state index is 14.6. The summed E-state index contributed by atoms with van der Waals surface area (Å²) in [5.41, 5.74) is 0.463. The molecule has 0 radical (unpaired) electrons. The number of carboxylic acids is 1. The van der Waals surface area contributed by atoms with Crippen molar-refractivity contribution in [2.75, 3.05) is 10.8 Å².